The lowest BCUT2D eigenvalue weighted by atomic mass is 9.95. The first-order valence-corrected chi connectivity index (χ1v) is 9.89. The summed E-state index contributed by atoms with van der Waals surface area (Å²) in [5.74, 6) is 0.723. The molecule has 1 fully saturated rings. The average Bonchev–Trinajstić information content (AvgIpc) is 3.10. The number of benzene rings is 1. The number of nitrogens with zero attached hydrogens (tertiary/aromatic N) is 2. The molecule has 1 aliphatic carbocycles. The monoisotopic (exact) mass is 356 g/mol. The molecule has 0 saturated carbocycles. The maximum atomic E-state index is 12.4. The number of fused-ring (bicyclic) bond motifs is 1. The molecule has 1 heterocycles. The third kappa shape index (κ3) is 4.74. The first-order valence-electron chi connectivity index (χ1n) is 9.89. The number of hydrogen-bond donors (Lipinski definition) is 0. The van der Waals surface area contributed by atoms with Crippen molar-refractivity contribution >= 4 is 5.91 Å². The fraction of sp³-hybridized carbons (Fsp3) is 0.591. The summed E-state index contributed by atoms with van der Waals surface area (Å²) < 4.78 is 5.20. The Morgan fingerprint density at radius 2 is 2.08 bits per heavy atom. The van der Waals surface area contributed by atoms with Crippen molar-refractivity contribution in [1.29, 1.82) is 0 Å². The Morgan fingerprint density at radius 3 is 2.73 bits per heavy atom. The molecule has 1 atom stereocenters. The molecule has 0 N–H and O–H groups in total. The molecule has 4 nitrogen and oxygen atoms in total. The Bertz CT molecular complexity index is 591. The predicted molar refractivity (Wildman–Crippen MR) is 105 cm³/mol. The van der Waals surface area contributed by atoms with Crippen molar-refractivity contribution in [2.45, 2.75) is 38.1 Å². The van der Waals surface area contributed by atoms with Gasteiger partial charge in [-0.3, -0.25) is 9.69 Å². The van der Waals surface area contributed by atoms with E-state index in [0.29, 0.717) is 31.5 Å². The largest absolute Gasteiger partial charge is 0.383 e. The van der Waals surface area contributed by atoms with Crippen molar-refractivity contribution in [3.63, 3.8) is 0 Å². The molecule has 2 aliphatic rings. The average molecular weight is 357 g/mol. The summed E-state index contributed by atoms with van der Waals surface area (Å²) in [6.45, 7) is 8.11. The summed E-state index contributed by atoms with van der Waals surface area (Å²) in [7, 11) is 1.69. The van der Waals surface area contributed by atoms with Gasteiger partial charge in [0, 0.05) is 39.2 Å². The molecule has 1 aromatic rings. The van der Waals surface area contributed by atoms with Gasteiger partial charge in [-0.15, -0.1) is 6.58 Å². The van der Waals surface area contributed by atoms with E-state index < -0.39 is 0 Å². The number of carbonyl (C=O) groups is 1. The zero-order valence-corrected chi connectivity index (χ0v) is 16.0. The lowest BCUT2D eigenvalue weighted by molar-refractivity contribution is -0.131. The van der Waals surface area contributed by atoms with E-state index in [2.05, 4.69) is 35.7 Å². The fourth-order valence-corrected chi connectivity index (χ4v) is 4.46. The van der Waals surface area contributed by atoms with Crippen molar-refractivity contribution in [3.05, 3.63) is 48.0 Å². The molecule has 0 radical (unpaired) electrons. The SMILES string of the molecule is C=CCC(=O)N(CCOC)C[C@H]1CCCN(C2Cc3ccccc3C2)C1. The van der Waals surface area contributed by atoms with Gasteiger partial charge in [-0.25, -0.2) is 0 Å². The van der Waals surface area contributed by atoms with E-state index in [4.69, 9.17) is 4.74 Å². The molecule has 26 heavy (non-hydrogen) atoms. The zero-order valence-electron chi connectivity index (χ0n) is 16.0. The molecule has 0 unspecified atom stereocenters. The standard InChI is InChI=1S/C22H32N2O2/c1-3-7-22(25)24(12-13-26-2)17-18-8-6-11-23(16-18)21-14-19-9-4-5-10-20(19)15-21/h3-5,9-10,18,21H,1,6-8,11-17H2,2H3/t18-/m0/s1. The number of amides is 1. The molecule has 0 bridgehead atoms. The molecule has 0 aromatic heterocycles. The predicted octanol–water partition coefficient (Wildman–Crippen LogP) is 2.92. The van der Waals surface area contributed by atoms with E-state index in [1.54, 1.807) is 13.2 Å². The van der Waals surface area contributed by atoms with E-state index in [9.17, 15) is 4.79 Å². The van der Waals surface area contributed by atoms with Gasteiger partial charge in [0.1, 0.15) is 0 Å². The van der Waals surface area contributed by atoms with E-state index in [1.165, 1.54) is 43.4 Å². The van der Waals surface area contributed by atoms with E-state index in [-0.39, 0.29) is 5.91 Å². The number of methoxy groups -OCH3 is 1. The first-order chi connectivity index (χ1) is 12.7. The van der Waals surface area contributed by atoms with Gasteiger partial charge in [0.25, 0.3) is 0 Å². The minimum Gasteiger partial charge on any atom is -0.383 e. The van der Waals surface area contributed by atoms with Crippen LogP contribution in [0.2, 0.25) is 0 Å². The van der Waals surface area contributed by atoms with Gasteiger partial charge in [-0.2, -0.15) is 0 Å². The Balaban J connectivity index is 1.57. The van der Waals surface area contributed by atoms with Gasteiger partial charge in [0.2, 0.25) is 5.91 Å². The van der Waals surface area contributed by atoms with Crippen LogP contribution < -0.4 is 0 Å². The second-order valence-electron chi connectivity index (χ2n) is 7.66. The summed E-state index contributed by atoms with van der Waals surface area (Å²) in [5.41, 5.74) is 3.03. The summed E-state index contributed by atoms with van der Waals surface area (Å²) in [6, 6.07) is 9.48. The van der Waals surface area contributed by atoms with Crippen LogP contribution in [0.4, 0.5) is 0 Å². The van der Waals surface area contributed by atoms with Crippen molar-refractivity contribution in [2.24, 2.45) is 5.92 Å². The van der Waals surface area contributed by atoms with Crippen LogP contribution >= 0.6 is 0 Å². The van der Waals surface area contributed by atoms with Crippen LogP contribution in [0.5, 0.6) is 0 Å². The van der Waals surface area contributed by atoms with Crippen LogP contribution in [0, 0.1) is 5.92 Å². The van der Waals surface area contributed by atoms with Gasteiger partial charge < -0.3 is 9.64 Å². The Kier molecular flexibility index (Phi) is 6.86. The summed E-state index contributed by atoms with van der Waals surface area (Å²) in [6.07, 6.45) is 6.90. The minimum absolute atomic E-state index is 0.169. The van der Waals surface area contributed by atoms with Crippen molar-refractivity contribution in [3.8, 4) is 0 Å². The quantitative estimate of drug-likeness (QED) is 0.672. The highest BCUT2D eigenvalue weighted by atomic mass is 16.5. The number of ether oxygens (including phenoxy) is 1. The van der Waals surface area contributed by atoms with Gasteiger partial charge in [0.15, 0.2) is 0 Å². The molecule has 142 valence electrons. The molecular weight excluding hydrogens is 324 g/mol. The number of piperidine rings is 1. The van der Waals surface area contributed by atoms with Crippen LogP contribution in [0.25, 0.3) is 0 Å². The smallest absolute Gasteiger partial charge is 0.226 e. The molecule has 1 saturated heterocycles. The highest BCUT2D eigenvalue weighted by Gasteiger charge is 2.31. The third-order valence-corrected chi connectivity index (χ3v) is 5.81. The van der Waals surface area contributed by atoms with E-state index in [1.807, 2.05) is 4.90 Å². The Morgan fingerprint density at radius 1 is 1.35 bits per heavy atom. The minimum atomic E-state index is 0.169. The van der Waals surface area contributed by atoms with Crippen LogP contribution in [0.15, 0.2) is 36.9 Å². The lowest BCUT2D eigenvalue weighted by Gasteiger charge is -2.38. The maximum absolute atomic E-state index is 12.4. The van der Waals surface area contributed by atoms with Crippen LogP contribution in [0.1, 0.15) is 30.4 Å². The normalized spacial score (nSPS) is 20.7. The second kappa shape index (κ2) is 9.33. The molecule has 1 aliphatic heterocycles. The molecule has 4 heteroatoms. The molecule has 3 rings (SSSR count). The van der Waals surface area contributed by atoms with Crippen LogP contribution in [0.3, 0.4) is 0 Å². The number of rotatable bonds is 8. The topological polar surface area (TPSA) is 32.8 Å². The third-order valence-electron chi connectivity index (χ3n) is 5.81. The van der Waals surface area contributed by atoms with E-state index >= 15 is 0 Å². The molecule has 0 spiro atoms. The number of carbonyl (C=O) groups excluding carboxylic acids is 1. The van der Waals surface area contributed by atoms with Gasteiger partial charge in [-0.1, -0.05) is 30.3 Å². The maximum Gasteiger partial charge on any atom is 0.226 e. The highest BCUT2D eigenvalue weighted by Crippen LogP contribution is 2.29. The number of hydrogen-bond acceptors (Lipinski definition) is 3. The van der Waals surface area contributed by atoms with Gasteiger partial charge >= 0.3 is 0 Å². The Labute approximate surface area is 157 Å². The van der Waals surface area contributed by atoms with Crippen molar-refractivity contribution in [2.75, 3.05) is 39.9 Å². The molecule has 1 amide bonds. The summed E-state index contributed by atoms with van der Waals surface area (Å²) in [4.78, 5) is 17.0. The second-order valence-corrected chi connectivity index (χ2v) is 7.66. The summed E-state index contributed by atoms with van der Waals surface area (Å²) >= 11 is 0. The van der Waals surface area contributed by atoms with Gasteiger partial charge in [0.05, 0.1) is 6.61 Å². The molecular formula is C22H32N2O2. The van der Waals surface area contributed by atoms with Crippen molar-refractivity contribution in [1.82, 2.24) is 9.80 Å². The van der Waals surface area contributed by atoms with E-state index in [0.717, 1.165) is 13.1 Å². The summed E-state index contributed by atoms with van der Waals surface area (Å²) in [5, 5.41) is 0. The van der Waals surface area contributed by atoms with Gasteiger partial charge in [-0.05, 0) is 49.3 Å². The molecule has 1 aromatic carbocycles. The lowest BCUT2D eigenvalue weighted by Crippen LogP contribution is -2.47. The number of likely N-dealkylation sites (tertiary alicyclic amines) is 1. The zero-order chi connectivity index (χ0) is 18.4. The fourth-order valence-electron chi connectivity index (χ4n) is 4.46. The highest BCUT2D eigenvalue weighted by molar-refractivity contribution is 5.77. The van der Waals surface area contributed by atoms with Crippen molar-refractivity contribution < 1.29 is 9.53 Å². The first kappa shape index (κ1) is 19.1. The Hall–Kier alpha value is -1.65. The van der Waals surface area contributed by atoms with Crippen LogP contribution in [-0.4, -0.2) is 61.6 Å². The van der Waals surface area contributed by atoms with Crippen LogP contribution in [-0.2, 0) is 22.4 Å².